The molecule has 0 aliphatic rings. The molecule has 1 heterocycles. The molecule has 0 fully saturated rings. The maximum Gasteiger partial charge on any atom is 0.305 e. The van der Waals surface area contributed by atoms with Crippen LogP contribution in [0.25, 0.3) is 11.4 Å². The van der Waals surface area contributed by atoms with E-state index in [2.05, 4.69) is 20.6 Å². The van der Waals surface area contributed by atoms with Gasteiger partial charge in [0.1, 0.15) is 0 Å². The lowest BCUT2D eigenvalue weighted by Crippen LogP contribution is -2.05. The Bertz CT molecular complexity index is 528. The van der Waals surface area contributed by atoms with E-state index in [4.69, 9.17) is 9.84 Å². The summed E-state index contributed by atoms with van der Waals surface area (Å²) in [6.07, 6.45) is 0.744. The minimum atomic E-state index is -0.848. The monoisotopic (exact) mass is 262 g/mol. The molecule has 0 saturated carbocycles. The average molecular weight is 262 g/mol. The Kier molecular flexibility index (Phi) is 4.57. The minimum absolute atomic E-state index is 0.0307. The van der Waals surface area contributed by atoms with E-state index in [1.54, 1.807) is 0 Å². The van der Waals surface area contributed by atoms with Crippen LogP contribution < -0.4 is 0 Å². The number of aromatic nitrogens is 4. The summed E-state index contributed by atoms with van der Waals surface area (Å²) < 4.78 is 5.25. The molecule has 0 atom stereocenters. The molecule has 0 aliphatic heterocycles. The molecule has 0 aliphatic carbocycles. The van der Waals surface area contributed by atoms with Crippen LogP contribution in [-0.4, -0.2) is 44.9 Å². The van der Waals surface area contributed by atoms with Gasteiger partial charge in [-0.3, -0.25) is 4.79 Å². The smallest absolute Gasteiger partial charge is 0.305 e. The van der Waals surface area contributed by atoms with E-state index in [1.165, 1.54) is 0 Å². The predicted octanol–water partition coefficient (Wildman–Crippen LogP) is 0.900. The van der Waals surface area contributed by atoms with Crippen molar-refractivity contribution < 1.29 is 14.6 Å². The minimum Gasteiger partial charge on any atom is -0.481 e. The number of H-pyrrole nitrogens is 1. The van der Waals surface area contributed by atoms with Gasteiger partial charge in [-0.1, -0.05) is 18.2 Å². The van der Waals surface area contributed by atoms with Gasteiger partial charge >= 0.3 is 5.97 Å². The van der Waals surface area contributed by atoms with Gasteiger partial charge in [-0.25, -0.2) is 0 Å². The second kappa shape index (κ2) is 6.60. The number of tetrazole rings is 1. The summed E-state index contributed by atoms with van der Waals surface area (Å²) in [5, 5.41) is 22.2. The van der Waals surface area contributed by atoms with Crippen molar-refractivity contribution in [3.8, 4) is 11.4 Å². The zero-order valence-electron chi connectivity index (χ0n) is 10.2. The summed E-state index contributed by atoms with van der Waals surface area (Å²) in [5.74, 6) is -0.298. The average Bonchev–Trinajstić information content (AvgIpc) is 2.92. The van der Waals surface area contributed by atoms with Gasteiger partial charge in [0, 0.05) is 5.56 Å². The number of carbonyl (C=O) groups is 1. The van der Waals surface area contributed by atoms with Gasteiger partial charge in [0.2, 0.25) is 5.82 Å². The molecule has 2 rings (SSSR count). The number of aromatic amines is 1. The molecule has 0 saturated heterocycles. The van der Waals surface area contributed by atoms with Crippen molar-refractivity contribution in [1.82, 2.24) is 20.6 Å². The summed E-state index contributed by atoms with van der Waals surface area (Å²) in [7, 11) is 0. The number of rotatable bonds is 7. The summed E-state index contributed by atoms with van der Waals surface area (Å²) in [4.78, 5) is 10.3. The van der Waals surface area contributed by atoms with E-state index in [-0.39, 0.29) is 13.0 Å². The Morgan fingerprint density at radius 3 is 3.00 bits per heavy atom. The molecule has 7 nitrogen and oxygen atoms in total. The Hall–Kier alpha value is -2.28. The largest absolute Gasteiger partial charge is 0.481 e. The number of ether oxygens (including phenoxy) is 1. The predicted molar refractivity (Wildman–Crippen MR) is 66.4 cm³/mol. The van der Waals surface area contributed by atoms with Crippen LogP contribution in [0.4, 0.5) is 0 Å². The number of nitrogens with one attached hydrogen (secondary N) is 1. The van der Waals surface area contributed by atoms with Crippen molar-refractivity contribution in [3.05, 3.63) is 29.8 Å². The summed E-state index contributed by atoms with van der Waals surface area (Å²) in [6, 6.07) is 7.76. The molecule has 0 radical (unpaired) electrons. The SMILES string of the molecule is O=C(O)CCOCCc1cccc(-c2nn[nH]n2)c1. The number of carboxylic acids is 1. The van der Waals surface area contributed by atoms with E-state index < -0.39 is 5.97 Å². The fourth-order valence-corrected chi connectivity index (χ4v) is 1.60. The Balaban J connectivity index is 1.84. The molecular weight excluding hydrogens is 248 g/mol. The number of hydrogen-bond acceptors (Lipinski definition) is 5. The van der Waals surface area contributed by atoms with Gasteiger partial charge in [0.05, 0.1) is 19.6 Å². The number of hydrogen-bond donors (Lipinski definition) is 2. The zero-order valence-corrected chi connectivity index (χ0v) is 10.2. The number of aliphatic carboxylic acids is 1. The molecule has 19 heavy (non-hydrogen) atoms. The second-order valence-electron chi connectivity index (χ2n) is 3.94. The van der Waals surface area contributed by atoms with Crippen molar-refractivity contribution in [2.45, 2.75) is 12.8 Å². The lowest BCUT2D eigenvalue weighted by molar-refractivity contribution is -0.138. The number of benzene rings is 1. The molecule has 7 heteroatoms. The molecule has 0 spiro atoms. The molecule has 2 aromatic rings. The molecule has 0 unspecified atom stereocenters. The van der Waals surface area contributed by atoms with Crippen LogP contribution >= 0.6 is 0 Å². The first kappa shape index (κ1) is 13.2. The maximum absolute atomic E-state index is 10.3. The molecule has 0 bridgehead atoms. The lowest BCUT2D eigenvalue weighted by Gasteiger charge is -2.04. The quantitative estimate of drug-likeness (QED) is 0.719. The highest BCUT2D eigenvalue weighted by molar-refractivity contribution is 5.66. The fraction of sp³-hybridized carbons (Fsp3) is 0.333. The van der Waals surface area contributed by atoms with Crippen molar-refractivity contribution in [2.24, 2.45) is 0 Å². The molecule has 0 amide bonds. The Morgan fingerprint density at radius 2 is 2.26 bits per heavy atom. The molecule has 1 aromatic carbocycles. The van der Waals surface area contributed by atoms with E-state index in [0.29, 0.717) is 18.9 Å². The molecular formula is C12H14N4O3. The van der Waals surface area contributed by atoms with Gasteiger partial charge in [-0.2, -0.15) is 5.21 Å². The van der Waals surface area contributed by atoms with Gasteiger partial charge in [-0.15, -0.1) is 10.2 Å². The highest BCUT2D eigenvalue weighted by atomic mass is 16.5. The summed E-state index contributed by atoms with van der Waals surface area (Å²) in [5.41, 5.74) is 1.97. The van der Waals surface area contributed by atoms with Crippen molar-refractivity contribution >= 4 is 5.97 Å². The first-order chi connectivity index (χ1) is 9.25. The van der Waals surface area contributed by atoms with Crippen LogP contribution in [-0.2, 0) is 16.0 Å². The van der Waals surface area contributed by atoms with Crippen LogP contribution in [0.5, 0.6) is 0 Å². The van der Waals surface area contributed by atoms with Crippen LogP contribution in [0, 0.1) is 0 Å². The summed E-state index contributed by atoms with van der Waals surface area (Å²) >= 11 is 0. The second-order valence-corrected chi connectivity index (χ2v) is 3.94. The Morgan fingerprint density at radius 1 is 1.37 bits per heavy atom. The van der Waals surface area contributed by atoms with Crippen LogP contribution in [0.15, 0.2) is 24.3 Å². The topological polar surface area (TPSA) is 101 Å². The normalized spacial score (nSPS) is 10.5. The maximum atomic E-state index is 10.3. The van der Waals surface area contributed by atoms with E-state index in [0.717, 1.165) is 11.1 Å². The fourth-order valence-electron chi connectivity index (χ4n) is 1.60. The molecule has 100 valence electrons. The van der Waals surface area contributed by atoms with Gasteiger partial charge < -0.3 is 9.84 Å². The number of carboxylic acid groups (broad SMARTS) is 1. The third kappa shape index (κ3) is 4.14. The first-order valence-electron chi connectivity index (χ1n) is 5.88. The van der Waals surface area contributed by atoms with E-state index in [1.807, 2.05) is 24.3 Å². The summed E-state index contributed by atoms with van der Waals surface area (Å²) in [6.45, 7) is 0.725. The lowest BCUT2D eigenvalue weighted by atomic mass is 10.1. The van der Waals surface area contributed by atoms with Crippen molar-refractivity contribution in [3.63, 3.8) is 0 Å². The first-order valence-corrected chi connectivity index (χ1v) is 5.88. The van der Waals surface area contributed by atoms with Gasteiger partial charge in [-0.05, 0) is 23.3 Å². The van der Waals surface area contributed by atoms with Crippen molar-refractivity contribution in [2.75, 3.05) is 13.2 Å². The van der Waals surface area contributed by atoms with Crippen LogP contribution in [0.2, 0.25) is 0 Å². The molecule has 1 aromatic heterocycles. The van der Waals surface area contributed by atoms with Gasteiger partial charge in [0.15, 0.2) is 0 Å². The standard InChI is InChI=1S/C12H14N4O3/c17-11(18)5-7-19-6-4-9-2-1-3-10(8-9)12-13-15-16-14-12/h1-3,8H,4-7H2,(H,17,18)(H,13,14,15,16). The molecule has 2 N–H and O–H groups in total. The van der Waals surface area contributed by atoms with E-state index in [9.17, 15) is 4.79 Å². The zero-order chi connectivity index (χ0) is 13.5. The van der Waals surface area contributed by atoms with E-state index >= 15 is 0 Å². The van der Waals surface area contributed by atoms with Gasteiger partial charge in [0.25, 0.3) is 0 Å². The Labute approximate surface area is 109 Å². The third-order valence-corrected chi connectivity index (χ3v) is 2.53. The highest BCUT2D eigenvalue weighted by Crippen LogP contribution is 2.15. The number of nitrogens with zero attached hydrogens (tertiary/aromatic N) is 3. The van der Waals surface area contributed by atoms with Crippen LogP contribution in [0.3, 0.4) is 0 Å². The highest BCUT2D eigenvalue weighted by Gasteiger charge is 2.03. The third-order valence-electron chi connectivity index (χ3n) is 2.53. The van der Waals surface area contributed by atoms with Crippen LogP contribution in [0.1, 0.15) is 12.0 Å². The van der Waals surface area contributed by atoms with Crippen molar-refractivity contribution in [1.29, 1.82) is 0 Å².